The van der Waals surface area contributed by atoms with E-state index in [9.17, 15) is 9.59 Å². The van der Waals surface area contributed by atoms with Gasteiger partial charge in [-0.25, -0.2) is 0 Å². The first-order valence-corrected chi connectivity index (χ1v) is 6.70. The van der Waals surface area contributed by atoms with E-state index in [0.717, 1.165) is 10.8 Å². The molecule has 0 N–H and O–H groups in total. The molecule has 0 saturated carbocycles. The number of rotatable bonds is 3. The van der Waals surface area contributed by atoms with Gasteiger partial charge in [0, 0.05) is 17.5 Å². The first-order valence-electron chi connectivity index (χ1n) is 6.70. The second-order valence-corrected chi connectivity index (χ2v) is 4.08. The van der Waals surface area contributed by atoms with Gasteiger partial charge >= 0.3 is 0 Å². The molecule has 0 aliphatic carbocycles. The standard InChI is InChI=1S/C15H14O2.C2H6/c1-3-15(17)14-9-12-7-5-4-6-11(12)8-13(14)10(2)16;1-2/h4-9H,3H2,1-2H3;1-2H3. The van der Waals surface area contributed by atoms with Gasteiger partial charge in [-0.2, -0.15) is 0 Å². The topological polar surface area (TPSA) is 34.1 Å². The Bertz CT molecular complexity index is 597. The molecule has 100 valence electrons. The maximum absolute atomic E-state index is 11.8. The number of fused-ring (bicyclic) bond motifs is 1. The maximum Gasteiger partial charge on any atom is 0.163 e. The molecule has 0 saturated heterocycles. The molecule has 0 atom stereocenters. The van der Waals surface area contributed by atoms with Crippen molar-refractivity contribution in [3.05, 3.63) is 47.5 Å². The summed E-state index contributed by atoms with van der Waals surface area (Å²) in [4.78, 5) is 23.4. The first kappa shape index (κ1) is 15.1. The summed E-state index contributed by atoms with van der Waals surface area (Å²) in [6.45, 7) is 7.30. The minimum atomic E-state index is -0.0625. The van der Waals surface area contributed by atoms with Crippen LogP contribution in [-0.2, 0) is 0 Å². The van der Waals surface area contributed by atoms with Crippen LogP contribution in [0.1, 0.15) is 54.8 Å². The van der Waals surface area contributed by atoms with Crippen molar-refractivity contribution in [2.75, 3.05) is 0 Å². The van der Waals surface area contributed by atoms with E-state index >= 15 is 0 Å². The maximum atomic E-state index is 11.8. The quantitative estimate of drug-likeness (QED) is 0.748. The number of ketones is 2. The first-order chi connectivity index (χ1) is 9.13. The summed E-state index contributed by atoms with van der Waals surface area (Å²) in [6, 6.07) is 11.4. The van der Waals surface area contributed by atoms with Crippen LogP contribution in [0.3, 0.4) is 0 Å². The number of benzene rings is 2. The predicted molar refractivity (Wildman–Crippen MR) is 79.9 cm³/mol. The second-order valence-electron chi connectivity index (χ2n) is 4.08. The molecule has 0 bridgehead atoms. The van der Waals surface area contributed by atoms with Crippen LogP contribution >= 0.6 is 0 Å². The Morgan fingerprint density at radius 3 is 1.84 bits per heavy atom. The van der Waals surface area contributed by atoms with Gasteiger partial charge < -0.3 is 0 Å². The lowest BCUT2D eigenvalue weighted by Gasteiger charge is -2.07. The Hall–Kier alpha value is -1.96. The van der Waals surface area contributed by atoms with Crippen LogP contribution < -0.4 is 0 Å². The van der Waals surface area contributed by atoms with Crippen molar-refractivity contribution in [3.63, 3.8) is 0 Å². The van der Waals surface area contributed by atoms with E-state index in [2.05, 4.69) is 0 Å². The molecular weight excluding hydrogens is 236 g/mol. The van der Waals surface area contributed by atoms with Gasteiger partial charge in [-0.05, 0) is 29.8 Å². The van der Waals surface area contributed by atoms with Crippen LogP contribution in [-0.4, -0.2) is 11.6 Å². The number of hydrogen-bond donors (Lipinski definition) is 0. The minimum absolute atomic E-state index is 0.0148. The fourth-order valence-electron chi connectivity index (χ4n) is 1.95. The molecule has 0 radical (unpaired) electrons. The third-order valence-corrected chi connectivity index (χ3v) is 2.89. The third-order valence-electron chi connectivity index (χ3n) is 2.89. The zero-order chi connectivity index (χ0) is 14.4. The highest BCUT2D eigenvalue weighted by Gasteiger charge is 2.14. The smallest absolute Gasteiger partial charge is 0.163 e. The summed E-state index contributed by atoms with van der Waals surface area (Å²) in [7, 11) is 0. The van der Waals surface area contributed by atoms with Crippen LogP contribution in [0.2, 0.25) is 0 Å². The van der Waals surface area contributed by atoms with Crippen molar-refractivity contribution in [3.8, 4) is 0 Å². The molecule has 19 heavy (non-hydrogen) atoms. The van der Waals surface area contributed by atoms with Crippen LogP contribution in [0.15, 0.2) is 36.4 Å². The fraction of sp³-hybridized carbons (Fsp3) is 0.294. The molecule has 0 unspecified atom stereocenters. The van der Waals surface area contributed by atoms with E-state index in [1.807, 2.05) is 44.2 Å². The molecule has 2 aromatic carbocycles. The Kier molecular flexibility index (Phi) is 5.43. The zero-order valence-corrected chi connectivity index (χ0v) is 12.0. The summed E-state index contributed by atoms with van der Waals surface area (Å²) in [5.41, 5.74) is 1.06. The van der Waals surface area contributed by atoms with E-state index < -0.39 is 0 Å². The van der Waals surface area contributed by atoms with Gasteiger partial charge in [-0.1, -0.05) is 45.0 Å². The van der Waals surface area contributed by atoms with E-state index in [-0.39, 0.29) is 11.6 Å². The summed E-state index contributed by atoms with van der Waals surface area (Å²) in [5, 5.41) is 1.99. The normalized spacial score (nSPS) is 9.68. The summed E-state index contributed by atoms with van der Waals surface area (Å²) in [5.74, 6) is -0.0477. The van der Waals surface area contributed by atoms with Crippen LogP contribution in [0, 0.1) is 0 Å². The molecule has 2 aromatic rings. The molecule has 0 aromatic heterocycles. The molecule has 0 amide bonds. The average molecular weight is 256 g/mol. The molecule has 2 heteroatoms. The summed E-state index contributed by atoms with van der Waals surface area (Å²) >= 11 is 0. The fourth-order valence-corrected chi connectivity index (χ4v) is 1.95. The largest absolute Gasteiger partial charge is 0.294 e. The van der Waals surface area contributed by atoms with Gasteiger partial charge in [0.2, 0.25) is 0 Å². The molecule has 2 nitrogen and oxygen atoms in total. The Labute approximate surface area is 114 Å². The van der Waals surface area contributed by atoms with E-state index in [1.165, 1.54) is 6.92 Å². The highest BCUT2D eigenvalue weighted by atomic mass is 16.1. The Morgan fingerprint density at radius 1 is 0.947 bits per heavy atom. The Balaban J connectivity index is 0.000000861. The highest BCUT2D eigenvalue weighted by Crippen LogP contribution is 2.21. The van der Waals surface area contributed by atoms with Gasteiger partial charge in [0.1, 0.15) is 0 Å². The van der Waals surface area contributed by atoms with Crippen molar-refractivity contribution < 1.29 is 9.59 Å². The van der Waals surface area contributed by atoms with Crippen molar-refractivity contribution in [2.24, 2.45) is 0 Å². The van der Waals surface area contributed by atoms with Crippen molar-refractivity contribution in [2.45, 2.75) is 34.1 Å². The van der Waals surface area contributed by atoms with Crippen LogP contribution in [0.5, 0.6) is 0 Å². The number of hydrogen-bond acceptors (Lipinski definition) is 2. The SMILES string of the molecule is CC.CCC(=O)c1cc2ccccc2cc1C(C)=O. The van der Waals surface area contributed by atoms with Gasteiger partial charge in [0.25, 0.3) is 0 Å². The van der Waals surface area contributed by atoms with Crippen molar-refractivity contribution in [1.82, 2.24) is 0 Å². The lowest BCUT2D eigenvalue weighted by atomic mass is 9.95. The Morgan fingerprint density at radius 2 is 1.42 bits per heavy atom. The molecule has 0 aliphatic heterocycles. The van der Waals surface area contributed by atoms with Crippen LogP contribution in [0.4, 0.5) is 0 Å². The zero-order valence-electron chi connectivity index (χ0n) is 12.0. The number of Topliss-reactive ketones (excluding diaryl/α,β-unsaturated/α-hetero) is 2. The third kappa shape index (κ3) is 3.28. The average Bonchev–Trinajstić information content (AvgIpc) is 2.47. The van der Waals surface area contributed by atoms with E-state index in [1.54, 1.807) is 13.0 Å². The molecule has 0 heterocycles. The molecular formula is C17H20O2. The number of carbonyl (C=O) groups excluding carboxylic acids is 2. The van der Waals surface area contributed by atoms with Gasteiger partial charge in [0.15, 0.2) is 11.6 Å². The van der Waals surface area contributed by atoms with Gasteiger partial charge in [0.05, 0.1) is 0 Å². The lowest BCUT2D eigenvalue weighted by molar-refractivity contribution is 0.0966. The molecule has 0 spiro atoms. The van der Waals surface area contributed by atoms with E-state index in [4.69, 9.17) is 0 Å². The van der Waals surface area contributed by atoms with Crippen LogP contribution in [0.25, 0.3) is 10.8 Å². The number of carbonyl (C=O) groups is 2. The van der Waals surface area contributed by atoms with Crippen molar-refractivity contribution >= 4 is 22.3 Å². The molecule has 0 fully saturated rings. The van der Waals surface area contributed by atoms with Gasteiger partial charge in [-0.3, -0.25) is 9.59 Å². The molecule has 2 rings (SSSR count). The van der Waals surface area contributed by atoms with Gasteiger partial charge in [-0.15, -0.1) is 0 Å². The lowest BCUT2D eigenvalue weighted by Crippen LogP contribution is -2.06. The highest BCUT2D eigenvalue weighted by molar-refractivity contribution is 6.11. The minimum Gasteiger partial charge on any atom is -0.294 e. The predicted octanol–water partition coefficient (Wildman–Crippen LogP) is 4.66. The molecule has 0 aliphatic rings. The summed E-state index contributed by atoms with van der Waals surface area (Å²) in [6.07, 6.45) is 0.415. The second kappa shape index (κ2) is 6.83. The van der Waals surface area contributed by atoms with Crippen molar-refractivity contribution in [1.29, 1.82) is 0 Å². The monoisotopic (exact) mass is 256 g/mol. The summed E-state index contributed by atoms with van der Waals surface area (Å²) < 4.78 is 0. The van der Waals surface area contributed by atoms with E-state index in [0.29, 0.717) is 17.5 Å².